The highest BCUT2D eigenvalue weighted by Gasteiger charge is 2.26. The van der Waals surface area contributed by atoms with Crippen LogP contribution in [0, 0.1) is 5.82 Å². The lowest BCUT2D eigenvalue weighted by Gasteiger charge is -2.08. The minimum atomic E-state index is -0.232. The molecule has 0 atom stereocenters. The lowest BCUT2D eigenvalue weighted by atomic mass is 10.1. The summed E-state index contributed by atoms with van der Waals surface area (Å²) in [5.41, 5.74) is 4.61. The average Bonchev–Trinajstić information content (AvgIpc) is 2.88. The predicted octanol–water partition coefficient (Wildman–Crippen LogP) is 2.68. The Bertz CT molecular complexity index is 310. The molecule has 0 radical (unpaired) electrons. The molecule has 0 heterocycles. The Balaban J connectivity index is 2.30. The second kappa shape index (κ2) is 3.34. The zero-order valence-corrected chi connectivity index (χ0v) is 7.51. The molecule has 0 aliphatic heterocycles. The normalized spacial score (nSPS) is 15.8. The zero-order valence-electron chi connectivity index (χ0n) is 7.51. The van der Waals surface area contributed by atoms with E-state index in [2.05, 4.69) is 5.48 Å². The molecule has 0 amide bonds. The van der Waals surface area contributed by atoms with Crippen LogP contribution in [0.15, 0.2) is 18.2 Å². The summed E-state index contributed by atoms with van der Waals surface area (Å²) in [5, 5.41) is 0. The van der Waals surface area contributed by atoms with Gasteiger partial charge in [0, 0.05) is 0 Å². The number of benzene rings is 1. The first kappa shape index (κ1) is 8.51. The monoisotopic (exact) mass is 181 g/mol. The van der Waals surface area contributed by atoms with Crippen LogP contribution in [0.2, 0.25) is 0 Å². The van der Waals surface area contributed by atoms with E-state index in [-0.39, 0.29) is 5.82 Å². The molecule has 0 aromatic heterocycles. The van der Waals surface area contributed by atoms with Crippen LogP contribution in [0.1, 0.15) is 24.3 Å². The number of hydrogen-bond acceptors (Lipinski definition) is 2. The molecule has 1 aromatic carbocycles. The molecule has 2 nitrogen and oxygen atoms in total. The Morgan fingerprint density at radius 2 is 2.23 bits per heavy atom. The van der Waals surface area contributed by atoms with E-state index in [1.807, 2.05) is 6.07 Å². The Labute approximate surface area is 76.7 Å². The van der Waals surface area contributed by atoms with Gasteiger partial charge in [0.05, 0.1) is 12.8 Å². The fourth-order valence-corrected chi connectivity index (χ4v) is 1.48. The van der Waals surface area contributed by atoms with Gasteiger partial charge in [-0.2, -0.15) is 0 Å². The van der Waals surface area contributed by atoms with Gasteiger partial charge in [-0.1, -0.05) is 6.07 Å². The highest BCUT2D eigenvalue weighted by molar-refractivity contribution is 5.52. The molecule has 1 aliphatic carbocycles. The highest BCUT2D eigenvalue weighted by atomic mass is 19.1. The van der Waals surface area contributed by atoms with E-state index in [0.29, 0.717) is 5.92 Å². The van der Waals surface area contributed by atoms with Crippen molar-refractivity contribution >= 4 is 5.69 Å². The van der Waals surface area contributed by atoms with E-state index in [9.17, 15) is 4.39 Å². The Morgan fingerprint density at radius 3 is 2.85 bits per heavy atom. The van der Waals surface area contributed by atoms with Gasteiger partial charge in [-0.15, -0.1) is 0 Å². The lowest BCUT2D eigenvalue weighted by Crippen LogP contribution is -1.99. The van der Waals surface area contributed by atoms with Crippen molar-refractivity contribution in [3.8, 4) is 0 Å². The minimum absolute atomic E-state index is 0.232. The number of hydrogen-bond donors (Lipinski definition) is 1. The molecule has 0 bridgehead atoms. The van der Waals surface area contributed by atoms with Crippen molar-refractivity contribution in [1.29, 1.82) is 0 Å². The van der Waals surface area contributed by atoms with Crippen LogP contribution in [0.25, 0.3) is 0 Å². The van der Waals surface area contributed by atoms with Crippen LogP contribution >= 0.6 is 0 Å². The number of halogens is 1. The van der Waals surface area contributed by atoms with Crippen LogP contribution < -0.4 is 5.48 Å². The maximum Gasteiger partial charge on any atom is 0.125 e. The fraction of sp³-hybridized carbons (Fsp3) is 0.400. The summed E-state index contributed by atoms with van der Waals surface area (Å²) in [7, 11) is 1.53. The van der Waals surface area contributed by atoms with Crippen molar-refractivity contribution in [2.24, 2.45) is 0 Å². The van der Waals surface area contributed by atoms with Crippen molar-refractivity contribution in [3.05, 3.63) is 29.6 Å². The molecular formula is C10H12FNO. The van der Waals surface area contributed by atoms with E-state index in [1.54, 1.807) is 0 Å². The van der Waals surface area contributed by atoms with Crippen LogP contribution in [-0.4, -0.2) is 7.11 Å². The molecule has 1 N–H and O–H groups in total. The summed E-state index contributed by atoms with van der Waals surface area (Å²) >= 11 is 0. The molecule has 1 saturated carbocycles. The van der Waals surface area contributed by atoms with E-state index in [4.69, 9.17) is 4.84 Å². The third-order valence-electron chi connectivity index (χ3n) is 2.24. The van der Waals surface area contributed by atoms with Gasteiger partial charge in [-0.05, 0) is 36.5 Å². The van der Waals surface area contributed by atoms with Crippen molar-refractivity contribution in [2.45, 2.75) is 18.8 Å². The van der Waals surface area contributed by atoms with Crippen LogP contribution in [0.5, 0.6) is 0 Å². The molecule has 3 heteroatoms. The maximum atomic E-state index is 12.9. The topological polar surface area (TPSA) is 21.3 Å². The Kier molecular flexibility index (Phi) is 2.19. The standard InChI is InChI=1S/C10H12FNO/c1-13-12-10-6-8(11)4-5-9(10)7-2-3-7/h4-7,12H,2-3H2,1H3. The van der Waals surface area contributed by atoms with Gasteiger partial charge in [-0.3, -0.25) is 10.3 Å². The summed E-state index contributed by atoms with van der Waals surface area (Å²) in [6.07, 6.45) is 2.40. The first-order valence-corrected chi connectivity index (χ1v) is 4.39. The Morgan fingerprint density at radius 1 is 1.46 bits per heavy atom. The second-order valence-electron chi connectivity index (χ2n) is 3.31. The summed E-state index contributed by atoms with van der Waals surface area (Å²) in [6, 6.07) is 4.79. The molecule has 2 rings (SSSR count). The van der Waals surface area contributed by atoms with E-state index >= 15 is 0 Å². The van der Waals surface area contributed by atoms with Crippen molar-refractivity contribution in [1.82, 2.24) is 0 Å². The summed E-state index contributed by atoms with van der Waals surface area (Å²) in [5.74, 6) is 0.363. The largest absolute Gasteiger partial charge is 0.279 e. The fourth-order valence-electron chi connectivity index (χ4n) is 1.48. The van der Waals surface area contributed by atoms with E-state index in [0.717, 1.165) is 11.3 Å². The molecule has 0 spiro atoms. The van der Waals surface area contributed by atoms with Gasteiger partial charge in [0.15, 0.2) is 0 Å². The first-order valence-electron chi connectivity index (χ1n) is 4.39. The molecule has 70 valence electrons. The molecule has 1 aliphatic rings. The lowest BCUT2D eigenvalue weighted by molar-refractivity contribution is 0.270. The molecule has 13 heavy (non-hydrogen) atoms. The SMILES string of the molecule is CONc1cc(F)ccc1C1CC1. The van der Waals surface area contributed by atoms with Gasteiger partial charge in [-0.25, -0.2) is 4.39 Å². The van der Waals surface area contributed by atoms with Crippen molar-refractivity contribution in [3.63, 3.8) is 0 Å². The number of rotatable bonds is 3. The quantitative estimate of drug-likeness (QED) is 0.724. The number of anilines is 1. The third kappa shape index (κ3) is 1.80. The number of nitrogens with one attached hydrogen (secondary N) is 1. The van der Waals surface area contributed by atoms with Gasteiger partial charge < -0.3 is 0 Å². The summed E-state index contributed by atoms with van der Waals surface area (Å²) in [4.78, 5) is 4.78. The van der Waals surface area contributed by atoms with Gasteiger partial charge in [0.25, 0.3) is 0 Å². The van der Waals surface area contributed by atoms with Gasteiger partial charge in [0.1, 0.15) is 5.82 Å². The van der Waals surface area contributed by atoms with E-state index in [1.165, 1.54) is 32.1 Å². The van der Waals surface area contributed by atoms with Crippen molar-refractivity contribution < 1.29 is 9.23 Å². The highest BCUT2D eigenvalue weighted by Crippen LogP contribution is 2.43. The van der Waals surface area contributed by atoms with Crippen LogP contribution in [0.4, 0.5) is 10.1 Å². The minimum Gasteiger partial charge on any atom is -0.279 e. The third-order valence-corrected chi connectivity index (χ3v) is 2.24. The molecule has 1 fully saturated rings. The van der Waals surface area contributed by atoms with Crippen LogP contribution in [-0.2, 0) is 4.84 Å². The van der Waals surface area contributed by atoms with Crippen LogP contribution in [0.3, 0.4) is 0 Å². The van der Waals surface area contributed by atoms with Crippen molar-refractivity contribution in [2.75, 3.05) is 12.6 Å². The summed E-state index contributed by atoms with van der Waals surface area (Å²) < 4.78 is 12.9. The molecular weight excluding hydrogens is 169 g/mol. The predicted molar refractivity (Wildman–Crippen MR) is 49.0 cm³/mol. The molecule has 0 saturated heterocycles. The maximum absolute atomic E-state index is 12.9. The van der Waals surface area contributed by atoms with Gasteiger partial charge in [0.2, 0.25) is 0 Å². The van der Waals surface area contributed by atoms with Gasteiger partial charge >= 0.3 is 0 Å². The second-order valence-corrected chi connectivity index (χ2v) is 3.31. The summed E-state index contributed by atoms with van der Waals surface area (Å²) in [6.45, 7) is 0. The molecule has 1 aromatic rings. The zero-order chi connectivity index (χ0) is 9.26. The average molecular weight is 181 g/mol. The Hall–Kier alpha value is -1.09. The van der Waals surface area contributed by atoms with E-state index < -0.39 is 0 Å². The smallest absolute Gasteiger partial charge is 0.125 e. The molecule has 0 unspecified atom stereocenters. The first-order chi connectivity index (χ1) is 6.31.